The second-order valence-electron chi connectivity index (χ2n) is 6.67. The third-order valence-corrected chi connectivity index (χ3v) is 4.84. The summed E-state index contributed by atoms with van der Waals surface area (Å²) in [7, 11) is 3.07. The molecule has 0 aromatic heterocycles. The van der Waals surface area contributed by atoms with Crippen LogP contribution in [0.1, 0.15) is 12.0 Å². The van der Waals surface area contributed by atoms with Crippen LogP contribution in [0.2, 0.25) is 0 Å². The van der Waals surface area contributed by atoms with Gasteiger partial charge < -0.3 is 19.7 Å². The van der Waals surface area contributed by atoms with Crippen molar-refractivity contribution in [3.05, 3.63) is 53.8 Å². The van der Waals surface area contributed by atoms with Crippen LogP contribution < -0.4 is 14.8 Å². The van der Waals surface area contributed by atoms with Gasteiger partial charge in [-0.05, 0) is 36.2 Å². The van der Waals surface area contributed by atoms with Crippen molar-refractivity contribution in [1.29, 1.82) is 0 Å². The molecule has 2 aromatic carbocycles. The van der Waals surface area contributed by atoms with Crippen molar-refractivity contribution < 1.29 is 23.5 Å². The molecule has 148 valence electrons. The molecule has 1 saturated heterocycles. The molecule has 1 fully saturated rings. The Kier molecular flexibility index (Phi) is 6.13. The van der Waals surface area contributed by atoms with Gasteiger partial charge in [0.2, 0.25) is 11.8 Å². The fraction of sp³-hybridized carbons (Fsp3) is 0.333. The predicted octanol–water partition coefficient (Wildman–Crippen LogP) is 2.87. The number of benzene rings is 2. The second kappa shape index (κ2) is 8.73. The second-order valence-corrected chi connectivity index (χ2v) is 6.67. The highest BCUT2D eigenvalue weighted by atomic mass is 19.1. The number of methoxy groups -OCH3 is 2. The lowest BCUT2D eigenvalue weighted by molar-refractivity contribution is -0.128. The van der Waals surface area contributed by atoms with Crippen LogP contribution in [0.15, 0.2) is 42.5 Å². The molecule has 1 aliphatic rings. The number of carbonyl (C=O) groups excluding carboxylic acids is 2. The average molecular weight is 386 g/mol. The summed E-state index contributed by atoms with van der Waals surface area (Å²) in [6, 6.07) is 11.3. The highest BCUT2D eigenvalue weighted by Gasteiger charge is 2.34. The molecular weight excluding hydrogens is 363 g/mol. The van der Waals surface area contributed by atoms with Crippen LogP contribution in [-0.2, 0) is 16.0 Å². The molecule has 28 heavy (non-hydrogen) atoms. The van der Waals surface area contributed by atoms with E-state index in [1.165, 1.54) is 19.2 Å². The molecule has 1 heterocycles. The third kappa shape index (κ3) is 4.60. The van der Waals surface area contributed by atoms with E-state index in [2.05, 4.69) is 5.32 Å². The maximum absolute atomic E-state index is 13.0. The van der Waals surface area contributed by atoms with Gasteiger partial charge in [0.15, 0.2) is 0 Å². The van der Waals surface area contributed by atoms with Crippen molar-refractivity contribution >= 4 is 17.5 Å². The molecule has 0 saturated carbocycles. The molecule has 1 N–H and O–H groups in total. The Morgan fingerprint density at radius 3 is 2.61 bits per heavy atom. The number of amides is 2. The van der Waals surface area contributed by atoms with E-state index < -0.39 is 5.92 Å². The molecule has 6 nitrogen and oxygen atoms in total. The van der Waals surface area contributed by atoms with E-state index in [0.717, 1.165) is 5.56 Å². The quantitative estimate of drug-likeness (QED) is 0.795. The van der Waals surface area contributed by atoms with Gasteiger partial charge in [-0.3, -0.25) is 9.59 Å². The number of hydrogen-bond donors (Lipinski definition) is 1. The Balaban J connectivity index is 1.58. The molecular formula is C21H23FN2O4. The van der Waals surface area contributed by atoms with E-state index in [1.54, 1.807) is 42.3 Å². The first-order valence-electron chi connectivity index (χ1n) is 9.05. The summed E-state index contributed by atoms with van der Waals surface area (Å²) in [6.45, 7) is 0.866. The molecule has 0 bridgehead atoms. The van der Waals surface area contributed by atoms with Gasteiger partial charge in [-0.25, -0.2) is 4.39 Å². The summed E-state index contributed by atoms with van der Waals surface area (Å²) in [4.78, 5) is 26.6. The lowest BCUT2D eigenvalue weighted by Gasteiger charge is -2.17. The van der Waals surface area contributed by atoms with Crippen molar-refractivity contribution in [1.82, 2.24) is 4.90 Å². The lowest BCUT2D eigenvalue weighted by atomic mass is 10.1. The number of nitrogens with one attached hydrogen (secondary N) is 1. The molecule has 7 heteroatoms. The van der Waals surface area contributed by atoms with Crippen LogP contribution in [0.3, 0.4) is 0 Å². The zero-order valence-corrected chi connectivity index (χ0v) is 15.9. The van der Waals surface area contributed by atoms with E-state index in [1.807, 2.05) is 0 Å². The van der Waals surface area contributed by atoms with E-state index >= 15 is 0 Å². The Morgan fingerprint density at radius 2 is 1.93 bits per heavy atom. The van der Waals surface area contributed by atoms with E-state index in [4.69, 9.17) is 9.47 Å². The van der Waals surface area contributed by atoms with E-state index in [9.17, 15) is 14.0 Å². The fourth-order valence-corrected chi connectivity index (χ4v) is 3.22. The van der Waals surface area contributed by atoms with Crippen LogP contribution in [0, 0.1) is 11.7 Å². The summed E-state index contributed by atoms with van der Waals surface area (Å²) in [5.41, 5.74) is 1.48. The molecule has 1 aliphatic heterocycles. The molecule has 2 amide bonds. The maximum Gasteiger partial charge on any atom is 0.229 e. The Morgan fingerprint density at radius 1 is 1.18 bits per heavy atom. The van der Waals surface area contributed by atoms with Gasteiger partial charge in [0.05, 0.1) is 25.8 Å². The number of halogens is 1. The molecule has 0 unspecified atom stereocenters. The van der Waals surface area contributed by atoms with Crippen molar-refractivity contribution in [3.8, 4) is 11.5 Å². The standard InChI is InChI=1S/C21H23FN2O4/c1-27-17-7-8-18(19(12-17)28-2)23-21(26)15-11-20(25)24(13-15)10-9-14-3-5-16(22)6-4-14/h3-8,12,15H,9-11,13H2,1-2H3,(H,23,26)/t15-/m0/s1. The van der Waals surface area contributed by atoms with Crippen LogP contribution in [0.4, 0.5) is 10.1 Å². The minimum atomic E-state index is -0.424. The summed E-state index contributed by atoms with van der Waals surface area (Å²) in [5, 5.41) is 2.84. The van der Waals surface area contributed by atoms with Crippen molar-refractivity contribution in [2.75, 3.05) is 32.6 Å². The summed E-state index contributed by atoms with van der Waals surface area (Å²) >= 11 is 0. The summed E-state index contributed by atoms with van der Waals surface area (Å²) < 4.78 is 23.4. The number of nitrogens with zero attached hydrogens (tertiary/aromatic N) is 1. The molecule has 3 rings (SSSR count). The first kappa shape index (κ1) is 19.7. The summed E-state index contributed by atoms with van der Waals surface area (Å²) in [6.07, 6.45) is 0.792. The van der Waals surface area contributed by atoms with Crippen molar-refractivity contribution in [2.24, 2.45) is 5.92 Å². The van der Waals surface area contributed by atoms with Gasteiger partial charge in [0.25, 0.3) is 0 Å². The number of likely N-dealkylation sites (tertiary alicyclic amines) is 1. The van der Waals surface area contributed by atoms with Gasteiger partial charge in [-0.2, -0.15) is 0 Å². The highest BCUT2D eigenvalue weighted by Crippen LogP contribution is 2.30. The smallest absolute Gasteiger partial charge is 0.229 e. The van der Waals surface area contributed by atoms with Crippen molar-refractivity contribution in [3.63, 3.8) is 0 Å². The fourth-order valence-electron chi connectivity index (χ4n) is 3.22. The van der Waals surface area contributed by atoms with Gasteiger partial charge in [-0.15, -0.1) is 0 Å². The minimum Gasteiger partial charge on any atom is -0.497 e. The molecule has 1 atom stereocenters. The average Bonchev–Trinajstić information content (AvgIpc) is 3.08. The number of ether oxygens (including phenoxy) is 2. The third-order valence-electron chi connectivity index (χ3n) is 4.84. The van der Waals surface area contributed by atoms with E-state index in [0.29, 0.717) is 36.7 Å². The van der Waals surface area contributed by atoms with Gasteiger partial charge in [-0.1, -0.05) is 12.1 Å². The Hall–Kier alpha value is -3.09. The van der Waals surface area contributed by atoms with Gasteiger partial charge in [0.1, 0.15) is 17.3 Å². The number of hydrogen-bond acceptors (Lipinski definition) is 4. The number of carbonyl (C=O) groups is 2. The largest absolute Gasteiger partial charge is 0.497 e. The minimum absolute atomic E-state index is 0.0519. The lowest BCUT2D eigenvalue weighted by Crippen LogP contribution is -2.30. The zero-order valence-electron chi connectivity index (χ0n) is 15.9. The van der Waals surface area contributed by atoms with Gasteiger partial charge in [0, 0.05) is 25.6 Å². The number of anilines is 1. The maximum atomic E-state index is 13.0. The molecule has 0 spiro atoms. The van der Waals surface area contributed by atoms with Crippen LogP contribution in [0.5, 0.6) is 11.5 Å². The van der Waals surface area contributed by atoms with Gasteiger partial charge >= 0.3 is 0 Å². The summed E-state index contributed by atoms with van der Waals surface area (Å²) in [5.74, 6) is 0.132. The normalized spacial score (nSPS) is 16.2. The zero-order chi connectivity index (χ0) is 20.1. The monoisotopic (exact) mass is 386 g/mol. The Bertz CT molecular complexity index is 854. The molecule has 2 aromatic rings. The first-order chi connectivity index (χ1) is 13.5. The Labute approximate surface area is 163 Å². The SMILES string of the molecule is COc1ccc(NC(=O)[C@H]2CC(=O)N(CCc3ccc(F)cc3)C2)c(OC)c1. The van der Waals surface area contributed by atoms with Crippen LogP contribution in [-0.4, -0.2) is 44.0 Å². The number of rotatable bonds is 7. The molecule has 0 aliphatic carbocycles. The topological polar surface area (TPSA) is 67.9 Å². The van der Waals surface area contributed by atoms with Crippen LogP contribution >= 0.6 is 0 Å². The first-order valence-corrected chi connectivity index (χ1v) is 9.05. The van der Waals surface area contributed by atoms with E-state index in [-0.39, 0.29) is 24.1 Å². The highest BCUT2D eigenvalue weighted by molar-refractivity contribution is 5.98. The molecule has 0 radical (unpaired) electrons. The predicted molar refractivity (Wildman–Crippen MR) is 103 cm³/mol. The van der Waals surface area contributed by atoms with Crippen molar-refractivity contribution in [2.45, 2.75) is 12.8 Å². The van der Waals surface area contributed by atoms with Crippen LogP contribution in [0.25, 0.3) is 0 Å².